The van der Waals surface area contributed by atoms with Gasteiger partial charge in [0, 0.05) is 26.1 Å². The van der Waals surface area contributed by atoms with E-state index in [1.807, 2.05) is 0 Å². The molecule has 0 bridgehead atoms. The Morgan fingerprint density at radius 1 is 1.42 bits per heavy atom. The lowest BCUT2D eigenvalue weighted by Crippen LogP contribution is -2.42. The molecule has 2 atom stereocenters. The quantitative estimate of drug-likeness (QED) is 0.901. The summed E-state index contributed by atoms with van der Waals surface area (Å²) in [7, 11) is 0. The number of likely N-dealkylation sites (tertiary alicyclic amines) is 1. The van der Waals surface area contributed by atoms with E-state index in [1.54, 1.807) is 0 Å². The van der Waals surface area contributed by atoms with Gasteiger partial charge in [-0.15, -0.1) is 0 Å². The van der Waals surface area contributed by atoms with E-state index in [4.69, 9.17) is 4.74 Å². The van der Waals surface area contributed by atoms with Gasteiger partial charge in [-0.2, -0.15) is 0 Å². The normalized spacial score (nSPS) is 27.1. The summed E-state index contributed by atoms with van der Waals surface area (Å²) in [5.74, 6) is 1.47. The zero-order chi connectivity index (χ0) is 13.2. The number of benzene rings is 1. The van der Waals surface area contributed by atoms with Crippen molar-refractivity contribution in [2.24, 2.45) is 5.92 Å². The molecule has 2 unspecified atom stereocenters. The fraction of sp³-hybridized carbons (Fsp3) is 0.625. The van der Waals surface area contributed by atoms with E-state index in [-0.39, 0.29) is 6.10 Å². The molecular formula is C16H23NO2. The Bertz CT molecular complexity index is 446. The van der Waals surface area contributed by atoms with Crippen LogP contribution in [0.3, 0.4) is 0 Å². The zero-order valence-corrected chi connectivity index (χ0v) is 11.6. The molecule has 3 heteroatoms. The van der Waals surface area contributed by atoms with E-state index in [2.05, 4.69) is 30.0 Å². The second kappa shape index (κ2) is 5.51. The molecule has 104 valence electrons. The average molecular weight is 261 g/mol. The number of aliphatic hydroxyl groups is 1. The molecule has 1 aromatic rings. The van der Waals surface area contributed by atoms with Crippen molar-refractivity contribution >= 4 is 0 Å². The van der Waals surface area contributed by atoms with E-state index in [1.165, 1.54) is 11.1 Å². The topological polar surface area (TPSA) is 32.7 Å². The Morgan fingerprint density at radius 3 is 3.16 bits per heavy atom. The highest BCUT2D eigenvalue weighted by atomic mass is 16.5. The molecule has 19 heavy (non-hydrogen) atoms. The van der Waals surface area contributed by atoms with E-state index in [0.29, 0.717) is 5.92 Å². The lowest BCUT2D eigenvalue weighted by atomic mass is 9.96. The first-order valence-corrected chi connectivity index (χ1v) is 7.37. The van der Waals surface area contributed by atoms with Crippen LogP contribution in [0.25, 0.3) is 0 Å². The second-order valence-corrected chi connectivity index (χ2v) is 5.92. The van der Waals surface area contributed by atoms with Gasteiger partial charge in [0.25, 0.3) is 0 Å². The van der Waals surface area contributed by atoms with Crippen LogP contribution in [0.15, 0.2) is 18.2 Å². The largest absolute Gasteiger partial charge is 0.493 e. The van der Waals surface area contributed by atoms with Gasteiger partial charge in [0.2, 0.25) is 0 Å². The Hall–Kier alpha value is -1.06. The molecule has 3 rings (SSSR count). The summed E-state index contributed by atoms with van der Waals surface area (Å²) in [6.45, 7) is 6.12. The van der Waals surface area contributed by atoms with Crippen LogP contribution in [0.4, 0.5) is 0 Å². The summed E-state index contributed by atoms with van der Waals surface area (Å²) >= 11 is 0. The van der Waals surface area contributed by atoms with Gasteiger partial charge in [0.15, 0.2) is 0 Å². The predicted molar refractivity (Wildman–Crippen MR) is 75.6 cm³/mol. The number of ether oxygens (including phenoxy) is 1. The molecule has 2 aliphatic heterocycles. The minimum absolute atomic E-state index is 0.103. The van der Waals surface area contributed by atoms with E-state index in [9.17, 15) is 5.11 Å². The smallest absolute Gasteiger partial charge is 0.122 e. The molecule has 0 saturated carbocycles. The highest BCUT2D eigenvalue weighted by molar-refractivity contribution is 5.39. The van der Waals surface area contributed by atoms with Crippen molar-refractivity contribution < 1.29 is 9.84 Å². The van der Waals surface area contributed by atoms with Gasteiger partial charge >= 0.3 is 0 Å². The first-order chi connectivity index (χ1) is 9.22. The Balaban J connectivity index is 1.55. The first kappa shape index (κ1) is 12.9. The molecule has 1 aromatic carbocycles. The maximum atomic E-state index is 9.75. The van der Waals surface area contributed by atoms with Crippen LogP contribution in [0.1, 0.15) is 24.5 Å². The van der Waals surface area contributed by atoms with E-state index >= 15 is 0 Å². The van der Waals surface area contributed by atoms with Gasteiger partial charge < -0.3 is 14.7 Å². The number of piperidine rings is 1. The van der Waals surface area contributed by atoms with Crippen molar-refractivity contribution in [3.05, 3.63) is 29.3 Å². The molecule has 0 aromatic heterocycles. The molecule has 0 spiro atoms. The Labute approximate surface area is 115 Å². The molecule has 0 amide bonds. The van der Waals surface area contributed by atoms with Crippen LogP contribution in [0, 0.1) is 5.92 Å². The van der Waals surface area contributed by atoms with Gasteiger partial charge in [-0.3, -0.25) is 0 Å². The van der Waals surface area contributed by atoms with Crippen molar-refractivity contribution in [1.82, 2.24) is 4.90 Å². The van der Waals surface area contributed by atoms with Gasteiger partial charge in [0.05, 0.1) is 12.7 Å². The van der Waals surface area contributed by atoms with Crippen LogP contribution in [-0.2, 0) is 12.8 Å². The summed E-state index contributed by atoms with van der Waals surface area (Å²) in [6, 6.07) is 6.59. The van der Waals surface area contributed by atoms with Crippen molar-refractivity contribution in [3.8, 4) is 5.75 Å². The molecule has 1 saturated heterocycles. The fourth-order valence-electron chi connectivity index (χ4n) is 3.11. The third-order valence-electron chi connectivity index (χ3n) is 4.41. The van der Waals surface area contributed by atoms with Gasteiger partial charge in [0.1, 0.15) is 5.75 Å². The molecule has 1 N–H and O–H groups in total. The van der Waals surface area contributed by atoms with Crippen molar-refractivity contribution in [3.63, 3.8) is 0 Å². The maximum Gasteiger partial charge on any atom is 0.122 e. The summed E-state index contributed by atoms with van der Waals surface area (Å²) in [5.41, 5.74) is 2.77. The van der Waals surface area contributed by atoms with Crippen molar-refractivity contribution in [2.75, 3.05) is 26.2 Å². The fourth-order valence-corrected chi connectivity index (χ4v) is 3.11. The van der Waals surface area contributed by atoms with Crippen LogP contribution in [0.5, 0.6) is 5.75 Å². The van der Waals surface area contributed by atoms with Crippen LogP contribution < -0.4 is 4.74 Å². The highest BCUT2D eigenvalue weighted by Gasteiger charge is 2.23. The molecule has 2 aliphatic rings. The number of rotatable bonds is 3. The lowest BCUT2D eigenvalue weighted by Gasteiger charge is -2.34. The zero-order valence-electron chi connectivity index (χ0n) is 11.6. The molecule has 2 heterocycles. The molecule has 3 nitrogen and oxygen atoms in total. The molecular weight excluding hydrogens is 238 g/mol. The number of fused-ring (bicyclic) bond motifs is 1. The van der Waals surface area contributed by atoms with Crippen LogP contribution in [-0.4, -0.2) is 42.4 Å². The Morgan fingerprint density at radius 2 is 2.32 bits per heavy atom. The summed E-state index contributed by atoms with van der Waals surface area (Å²) in [5, 5.41) is 9.75. The molecule has 1 fully saturated rings. The van der Waals surface area contributed by atoms with Crippen LogP contribution in [0.2, 0.25) is 0 Å². The van der Waals surface area contributed by atoms with Crippen molar-refractivity contribution in [1.29, 1.82) is 0 Å². The average Bonchev–Trinajstić information content (AvgIpc) is 2.87. The van der Waals surface area contributed by atoms with E-state index in [0.717, 1.165) is 51.3 Å². The Kier molecular flexibility index (Phi) is 3.76. The standard InChI is InChI=1S/C16H23NO2/c1-12-11-17(8-5-15(12)18)7-4-13-2-3-16-14(10-13)6-9-19-16/h2-3,10,12,15,18H,4-9,11H2,1H3. The summed E-state index contributed by atoms with van der Waals surface area (Å²) < 4.78 is 5.54. The minimum atomic E-state index is -0.103. The monoisotopic (exact) mass is 261 g/mol. The minimum Gasteiger partial charge on any atom is -0.493 e. The maximum absolute atomic E-state index is 9.75. The third kappa shape index (κ3) is 2.93. The third-order valence-corrected chi connectivity index (χ3v) is 4.41. The number of nitrogens with zero attached hydrogens (tertiary/aromatic N) is 1. The SMILES string of the molecule is CC1CN(CCc2ccc3c(c2)CCO3)CCC1O. The highest BCUT2D eigenvalue weighted by Crippen LogP contribution is 2.26. The molecule has 0 radical (unpaired) electrons. The summed E-state index contributed by atoms with van der Waals surface area (Å²) in [4.78, 5) is 2.47. The van der Waals surface area contributed by atoms with Gasteiger partial charge in [-0.05, 0) is 36.0 Å². The number of aliphatic hydroxyl groups excluding tert-OH is 1. The van der Waals surface area contributed by atoms with Gasteiger partial charge in [-0.1, -0.05) is 19.1 Å². The number of hydrogen-bond donors (Lipinski definition) is 1. The number of hydrogen-bond acceptors (Lipinski definition) is 3. The first-order valence-electron chi connectivity index (χ1n) is 7.37. The van der Waals surface area contributed by atoms with Gasteiger partial charge in [-0.25, -0.2) is 0 Å². The van der Waals surface area contributed by atoms with E-state index < -0.39 is 0 Å². The lowest BCUT2D eigenvalue weighted by molar-refractivity contribution is 0.0356. The molecule has 0 aliphatic carbocycles. The predicted octanol–water partition coefficient (Wildman–Crippen LogP) is 1.87. The summed E-state index contributed by atoms with van der Waals surface area (Å²) in [6.07, 6.45) is 2.96. The van der Waals surface area contributed by atoms with Crippen LogP contribution >= 0.6 is 0 Å². The second-order valence-electron chi connectivity index (χ2n) is 5.92. The van der Waals surface area contributed by atoms with Crippen molar-refractivity contribution in [2.45, 2.75) is 32.3 Å².